The Bertz CT molecular complexity index is 175. The zero-order valence-electron chi connectivity index (χ0n) is 6.76. The average Bonchev–Trinajstić information content (AvgIpc) is 2.02. The molecule has 0 saturated heterocycles. The molecule has 62 valence electrons. The SMILES string of the molecule is C=CC(=C)NC(=O)C(N)CC. The van der Waals surface area contributed by atoms with Crippen LogP contribution in [0.2, 0.25) is 0 Å². The summed E-state index contributed by atoms with van der Waals surface area (Å²) in [5.41, 5.74) is 5.92. The van der Waals surface area contributed by atoms with Crippen LogP contribution in [0.15, 0.2) is 24.9 Å². The molecule has 0 saturated carbocycles. The number of allylic oxidation sites excluding steroid dienone is 1. The topological polar surface area (TPSA) is 55.1 Å². The van der Waals surface area contributed by atoms with Crippen LogP contribution in [0.5, 0.6) is 0 Å². The molecule has 1 atom stereocenters. The van der Waals surface area contributed by atoms with Gasteiger partial charge in [-0.25, -0.2) is 0 Å². The third-order valence-electron chi connectivity index (χ3n) is 1.31. The van der Waals surface area contributed by atoms with E-state index in [0.717, 1.165) is 0 Å². The lowest BCUT2D eigenvalue weighted by Crippen LogP contribution is -2.39. The molecule has 1 amide bonds. The van der Waals surface area contributed by atoms with Gasteiger partial charge < -0.3 is 11.1 Å². The van der Waals surface area contributed by atoms with Crippen molar-refractivity contribution in [2.24, 2.45) is 5.73 Å². The first-order valence-corrected chi connectivity index (χ1v) is 3.49. The van der Waals surface area contributed by atoms with Crippen molar-refractivity contribution < 1.29 is 4.79 Å². The predicted molar refractivity (Wildman–Crippen MR) is 45.7 cm³/mol. The maximum atomic E-state index is 11.0. The summed E-state index contributed by atoms with van der Waals surface area (Å²) in [6, 6.07) is -0.452. The largest absolute Gasteiger partial charge is 0.325 e. The fourth-order valence-corrected chi connectivity index (χ4v) is 0.487. The Morgan fingerprint density at radius 2 is 2.36 bits per heavy atom. The third-order valence-corrected chi connectivity index (χ3v) is 1.31. The van der Waals surface area contributed by atoms with Crippen LogP contribution in [-0.4, -0.2) is 11.9 Å². The lowest BCUT2D eigenvalue weighted by molar-refractivity contribution is -0.121. The van der Waals surface area contributed by atoms with E-state index in [1.807, 2.05) is 6.92 Å². The first-order chi connectivity index (χ1) is 5.11. The lowest BCUT2D eigenvalue weighted by atomic mass is 10.2. The highest BCUT2D eigenvalue weighted by Gasteiger charge is 2.09. The van der Waals surface area contributed by atoms with Gasteiger partial charge in [0.2, 0.25) is 5.91 Å². The molecule has 3 N–H and O–H groups in total. The van der Waals surface area contributed by atoms with Crippen molar-refractivity contribution in [3.05, 3.63) is 24.9 Å². The van der Waals surface area contributed by atoms with E-state index in [0.29, 0.717) is 12.1 Å². The summed E-state index contributed by atoms with van der Waals surface area (Å²) in [6.07, 6.45) is 2.09. The highest BCUT2D eigenvalue weighted by atomic mass is 16.2. The Balaban J connectivity index is 3.86. The Kier molecular flexibility index (Phi) is 4.22. The van der Waals surface area contributed by atoms with E-state index in [2.05, 4.69) is 18.5 Å². The van der Waals surface area contributed by atoms with Gasteiger partial charge in [0.1, 0.15) is 0 Å². The van der Waals surface area contributed by atoms with Gasteiger partial charge in [-0.2, -0.15) is 0 Å². The van der Waals surface area contributed by atoms with Crippen LogP contribution in [-0.2, 0) is 4.79 Å². The van der Waals surface area contributed by atoms with Crippen LogP contribution >= 0.6 is 0 Å². The minimum atomic E-state index is -0.452. The molecule has 0 aromatic heterocycles. The molecule has 11 heavy (non-hydrogen) atoms. The quantitative estimate of drug-likeness (QED) is 0.581. The van der Waals surface area contributed by atoms with E-state index < -0.39 is 6.04 Å². The number of amides is 1. The predicted octanol–water partition coefficient (Wildman–Crippen LogP) is 0.540. The average molecular weight is 154 g/mol. The molecule has 0 aliphatic rings. The van der Waals surface area contributed by atoms with Crippen molar-refractivity contribution in [3.8, 4) is 0 Å². The number of carbonyl (C=O) groups is 1. The molecule has 3 nitrogen and oxygen atoms in total. The van der Waals surface area contributed by atoms with Crippen LogP contribution in [0, 0.1) is 0 Å². The van der Waals surface area contributed by atoms with Crippen molar-refractivity contribution in [2.45, 2.75) is 19.4 Å². The molecule has 0 heterocycles. The molecule has 0 radical (unpaired) electrons. The lowest BCUT2D eigenvalue weighted by Gasteiger charge is -2.08. The number of rotatable bonds is 4. The fourth-order valence-electron chi connectivity index (χ4n) is 0.487. The van der Waals surface area contributed by atoms with E-state index in [4.69, 9.17) is 5.73 Å². The van der Waals surface area contributed by atoms with Crippen LogP contribution in [0.4, 0.5) is 0 Å². The van der Waals surface area contributed by atoms with Crippen molar-refractivity contribution in [2.75, 3.05) is 0 Å². The fraction of sp³-hybridized carbons (Fsp3) is 0.375. The molecule has 0 aromatic carbocycles. The first kappa shape index (κ1) is 9.91. The van der Waals surface area contributed by atoms with Gasteiger partial charge in [0.25, 0.3) is 0 Å². The van der Waals surface area contributed by atoms with Crippen molar-refractivity contribution >= 4 is 5.91 Å². The molecule has 3 heteroatoms. The van der Waals surface area contributed by atoms with Gasteiger partial charge in [-0.05, 0) is 12.5 Å². The third kappa shape index (κ3) is 3.57. The maximum absolute atomic E-state index is 11.0. The molecule has 0 aliphatic carbocycles. The van der Waals surface area contributed by atoms with Crippen molar-refractivity contribution in [1.82, 2.24) is 5.32 Å². The summed E-state index contributed by atoms with van der Waals surface area (Å²) < 4.78 is 0. The van der Waals surface area contributed by atoms with E-state index in [1.54, 1.807) is 0 Å². The van der Waals surface area contributed by atoms with Gasteiger partial charge in [0, 0.05) is 5.70 Å². The summed E-state index contributed by atoms with van der Waals surface area (Å²) in [4.78, 5) is 11.0. The molecule has 0 aromatic rings. The summed E-state index contributed by atoms with van der Waals surface area (Å²) >= 11 is 0. The first-order valence-electron chi connectivity index (χ1n) is 3.49. The van der Waals surface area contributed by atoms with E-state index in [9.17, 15) is 4.79 Å². The highest BCUT2D eigenvalue weighted by molar-refractivity contribution is 5.83. The zero-order chi connectivity index (χ0) is 8.85. The number of nitrogens with two attached hydrogens (primary N) is 1. The van der Waals surface area contributed by atoms with Crippen LogP contribution < -0.4 is 11.1 Å². The molecule has 0 spiro atoms. The van der Waals surface area contributed by atoms with Crippen LogP contribution in [0.25, 0.3) is 0 Å². The van der Waals surface area contributed by atoms with Gasteiger partial charge >= 0.3 is 0 Å². The second-order valence-electron chi connectivity index (χ2n) is 2.23. The summed E-state index contributed by atoms with van der Waals surface area (Å²) in [6.45, 7) is 8.82. The molecule has 0 fully saturated rings. The van der Waals surface area contributed by atoms with Crippen molar-refractivity contribution in [1.29, 1.82) is 0 Å². The Labute approximate surface area is 67.0 Å². The number of carbonyl (C=O) groups excluding carboxylic acids is 1. The standard InChI is InChI=1S/C8H14N2O/c1-4-6(3)10-8(11)7(9)5-2/h4,7H,1,3,5,9H2,2H3,(H,10,11). The van der Waals surface area contributed by atoms with Gasteiger partial charge in [0.05, 0.1) is 6.04 Å². The minimum Gasteiger partial charge on any atom is -0.325 e. The highest BCUT2D eigenvalue weighted by Crippen LogP contribution is 1.89. The van der Waals surface area contributed by atoms with Gasteiger partial charge in [-0.15, -0.1) is 0 Å². The molecule has 0 rings (SSSR count). The van der Waals surface area contributed by atoms with Crippen LogP contribution in [0.3, 0.4) is 0 Å². The Morgan fingerprint density at radius 1 is 1.82 bits per heavy atom. The second-order valence-corrected chi connectivity index (χ2v) is 2.23. The normalized spacial score (nSPS) is 11.8. The summed E-state index contributed by atoms with van der Waals surface area (Å²) in [5, 5.41) is 2.50. The zero-order valence-corrected chi connectivity index (χ0v) is 6.76. The number of hydrogen-bond acceptors (Lipinski definition) is 2. The van der Waals surface area contributed by atoms with E-state index in [1.165, 1.54) is 6.08 Å². The van der Waals surface area contributed by atoms with E-state index >= 15 is 0 Å². The maximum Gasteiger partial charge on any atom is 0.241 e. The van der Waals surface area contributed by atoms with Gasteiger partial charge in [0.15, 0.2) is 0 Å². The summed E-state index contributed by atoms with van der Waals surface area (Å²) in [7, 11) is 0. The molecule has 1 unspecified atom stereocenters. The second kappa shape index (κ2) is 4.68. The minimum absolute atomic E-state index is 0.211. The summed E-state index contributed by atoms with van der Waals surface area (Å²) in [5.74, 6) is -0.211. The number of hydrogen-bond donors (Lipinski definition) is 2. The molecular formula is C8H14N2O. The Hall–Kier alpha value is -1.09. The molecule has 0 bridgehead atoms. The van der Waals surface area contributed by atoms with E-state index in [-0.39, 0.29) is 5.91 Å². The molecule has 0 aliphatic heterocycles. The van der Waals surface area contributed by atoms with Gasteiger partial charge in [-0.1, -0.05) is 20.1 Å². The monoisotopic (exact) mass is 154 g/mol. The molecular weight excluding hydrogens is 140 g/mol. The number of nitrogens with one attached hydrogen (secondary N) is 1. The smallest absolute Gasteiger partial charge is 0.241 e. The van der Waals surface area contributed by atoms with Crippen molar-refractivity contribution in [3.63, 3.8) is 0 Å². The van der Waals surface area contributed by atoms with Gasteiger partial charge in [-0.3, -0.25) is 4.79 Å². The Morgan fingerprint density at radius 3 is 2.73 bits per heavy atom. The van der Waals surface area contributed by atoms with Crippen LogP contribution in [0.1, 0.15) is 13.3 Å².